The third-order valence-corrected chi connectivity index (χ3v) is 2.58. The van der Waals surface area contributed by atoms with Crippen molar-refractivity contribution in [2.45, 2.75) is 6.54 Å². The number of benzene rings is 1. The molecule has 4 heteroatoms. The maximum absolute atomic E-state index is 13.5. The molecule has 0 radical (unpaired) electrons. The van der Waals surface area contributed by atoms with E-state index in [1.807, 2.05) is 11.9 Å². The number of pyridine rings is 1. The molecule has 0 N–H and O–H groups in total. The van der Waals surface area contributed by atoms with Gasteiger partial charge in [0.05, 0.1) is 18.1 Å². The summed E-state index contributed by atoms with van der Waals surface area (Å²) in [6.07, 6.45) is 1.65. The van der Waals surface area contributed by atoms with Gasteiger partial charge in [-0.05, 0) is 30.8 Å². The molecule has 0 bridgehead atoms. The van der Waals surface area contributed by atoms with E-state index >= 15 is 0 Å². The monoisotopic (exact) mass is 229 g/mol. The first-order valence-corrected chi connectivity index (χ1v) is 5.30. The molecule has 0 atom stereocenters. The maximum Gasteiger partial charge on any atom is 0.132 e. The van der Waals surface area contributed by atoms with Crippen LogP contribution in [0.2, 0.25) is 0 Å². The SMILES string of the molecule is CN(CC#N)Cc1ccc(F)c2cccnc12. The van der Waals surface area contributed by atoms with Crippen LogP contribution in [0.15, 0.2) is 30.5 Å². The molecule has 0 saturated carbocycles. The zero-order valence-electron chi connectivity index (χ0n) is 9.52. The average molecular weight is 229 g/mol. The highest BCUT2D eigenvalue weighted by Crippen LogP contribution is 2.20. The van der Waals surface area contributed by atoms with Crippen LogP contribution in [-0.4, -0.2) is 23.5 Å². The molecule has 1 aromatic heterocycles. The van der Waals surface area contributed by atoms with Gasteiger partial charge in [0.2, 0.25) is 0 Å². The van der Waals surface area contributed by atoms with Crippen molar-refractivity contribution in [1.29, 1.82) is 5.26 Å². The lowest BCUT2D eigenvalue weighted by Gasteiger charge is -2.13. The zero-order valence-corrected chi connectivity index (χ0v) is 9.52. The molecule has 1 heterocycles. The van der Waals surface area contributed by atoms with Crippen molar-refractivity contribution in [3.05, 3.63) is 41.8 Å². The Balaban J connectivity index is 2.42. The van der Waals surface area contributed by atoms with Crippen molar-refractivity contribution < 1.29 is 4.39 Å². The number of nitrogens with zero attached hydrogens (tertiary/aromatic N) is 3. The number of hydrogen-bond donors (Lipinski definition) is 0. The van der Waals surface area contributed by atoms with Gasteiger partial charge in [-0.25, -0.2) is 4.39 Å². The van der Waals surface area contributed by atoms with Gasteiger partial charge in [0.25, 0.3) is 0 Å². The third-order valence-electron chi connectivity index (χ3n) is 2.58. The number of hydrogen-bond acceptors (Lipinski definition) is 3. The van der Waals surface area contributed by atoms with Crippen LogP contribution in [0, 0.1) is 17.1 Å². The predicted octanol–water partition coefficient (Wildman–Crippen LogP) is 2.33. The van der Waals surface area contributed by atoms with Gasteiger partial charge in [0.15, 0.2) is 0 Å². The van der Waals surface area contributed by atoms with Gasteiger partial charge >= 0.3 is 0 Å². The second-order valence-electron chi connectivity index (χ2n) is 3.94. The molecule has 0 fully saturated rings. The number of halogens is 1. The molecule has 0 aliphatic heterocycles. The van der Waals surface area contributed by atoms with E-state index in [2.05, 4.69) is 11.1 Å². The zero-order chi connectivity index (χ0) is 12.3. The molecule has 0 unspecified atom stereocenters. The summed E-state index contributed by atoms with van der Waals surface area (Å²) in [5.41, 5.74) is 1.59. The summed E-state index contributed by atoms with van der Waals surface area (Å²) in [6, 6.07) is 8.67. The van der Waals surface area contributed by atoms with Gasteiger partial charge in [0, 0.05) is 18.1 Å². The fraction of sp³-hybridized carbons (Fsp3) is 0.231. The Kier molecular flexibility index (Phi) is 3.31. The Hall–Kier alpha value is -1.99. The van der Waals surface area contributed by atoms with Crippen molar-refractivity contribution in [3.8, 4) is 6.07 Å². The van der Waals surface area contributed by atoms with Crippen molar-refractivity contribution in [3.63, 3.8) is 0 Å². The Morgan fingerprint density at radius 3 is 3.00 bits per heavy atom. The van der Waals surface area contributed by atoms with Gasteiger partial charge in [-0.15, -0.1) is 0 Å². The molecular weight excluding hydrogens is 217 g/mol. The van der Waals surface area contributed by atoms with Crippen molar-refractivity contribution in [2.24, 2.45) is 0 Å². The molecular formula is C13H12FN3. The highest BCUT2D eigenvalue weighted by molar-refractivity contribution is 5.82. The number of aromatic nitrogens is 1. The number of fused-ring (bicyclic) bond motifs is 1. The topological polar surface area (TPSA) is 39.9 Å². The van der Waals surface area contributed by atoms with Crippen LogP contribution in [0.4, 0.5) is 4.39 Å². The lowest BCUT2D eigenvalue weighted by Crippen LogP contribution is -2.18. The van der Waals surface area contributed by atoms with Crippen LogP contribution in [0.25, 0.3) is 10.9 Å². The van der Waals surface area contributed by atoms with E-state index in [9.17, 15) is 4.39 Å². The third kappa shape index (κ3) is 2.40. The minimum Gasteiger partial charge on any atom is -0.289 e. The lowest BCUT2D eigenvalue weighted by atomic mass is 10.1. The van der Waals surface area contributed by atoms with E-state index in [1.54, 1.807) is 24.4 Å². The van der Waals surface area contributed by atoms with Crippen LogP contribution in [0.5, 0.6) is 0 Å². The van der Waals surface area contributed by atoms with E-state index in [4.69, 9.17) is 5.26 Å². The minimum absolute atomic E-state index is 0.264. The second kappa shape index (κ2) is 4.89. The fourth-order valence-corrected chi connectivity index (χ4v) is 1.79. The lowest BCUT2D eigenvalue weighted by molar-refractivity contribution is 0.368. The van der Waals surface area contributed by atoms with E-state index in [1.165, 1.54) is 6.07 Å². The molecule has 0 saturated heterocycles. The summed E-state index contributed by atoms with van der Waals surface area (Å²) in [6.45, 7) is 0.924. The predicted molar refractivity (Wildman–Crippen MR) is 63.6 cm³/mol. The van der Waals surface area contributed by atoms with Gasteiger partial charge < -0.3 is 0 Å². The largest absolute Gasteiger partial charge is 0.289 e. The average Bonchev–Trinajstić information content (AvgIpc) is 2.34. The van der Waals surface area contributed by atoms with Crippen LogP contribution >= 0.6 is 0 Å². The summed E-state index contributed by atoms with van der Waals surface area (Å²) in [4.78, 5) is 6.07. The Morgan fingerprint density at radius 1 is 1.41 bits per heavy atom. The highest BCUT2D eigenvalue weighted by Gasteiger charge is 2.08. The van der Waals surface area contributed by atoms with Gasteiger partial charge in [-0.3, -0.25) is 9.88 Å². The number of nitriles is 1. The van der Waals surface area contributed by atoms with Crippen molar-refractivity contribution in [1.82, 2.24) is 9.88 Å². The molecule has 2 aromatic rings. The smallest absolute Gasteiger partial charge is 0.132 e. The summed E-state index contributed by atoms with van der Waals surface area (Å²) >= 11 is 0. The van der Waals surface area contributed by atoms with E-state index in [0.717, 1.165) is 5.56 Å². The summed E-state index contributed by atoms with van der Waals surface area (Å²) in [7, 11) is 1.85. The molecule has 0 aliphatic carbocycles. The Labute approximate surface area is 99.1 Å². The molecule has 0 aliphatic rings. The maximum atomic E-state index is 13.5. The van der Waals surface area contributed by atoms with Crippen LogP contribution in [0.3, 0.4) is 0 Å². The number of rotatable bonds is 3. The summed E-state index contributed by atoms with van der Waals surface area (Å²) < 4.78 is 13.5. The van der Waals surface area contributed by atoms with Crippen LogP contribution < -0.4 is 0 Å². The molecule has 17 heavy (non-hydrogen) atoms. The van der Waals surface area contributed by atoms with Crippen molar-refractivity contribution >= 4 is 10.9 Å². The van der Waals surface area contributed by atoms with Gasteiger partial charge in [-0.2, -0.15) is 5.26 Å². The summed E-state index contributed by atoms with van der Waals surface area (Å²) in [5, 5.41) is 9.13. The first kappa shape index (κ1) is 11.5. The van der Waals surface area contributed by atoms with Crippen LogP contribution in [0.1, 0.15) is 5.56 Å². The fourth-order valence-electron chi connectivity index (χ4n) is 1.79. The van der Waals surface area contributed by atoms with Gasteiger partial charge in [-0.1, -0.05) is 6.07 Å². The van der Waals surface area contributed by atoms with Crippen LogP contribution in [-0.2, 0) is 6.54 Å². The first-order valence-electron chi connectivity index (χ1n) is 5.30. The molecule has 3 nitrogen and oxygen atoms in total. The molecule has 86 valence electrons. The molecule has 1 aromatic carbocycles. The Morgan fingerprint density at radius 2 is 2.24 bits per heavy atom. The van der Waals surface area contributed by atoms with E-state index in [-0.39, 0.29) is 5.82 Å². The molecule has 0 spiro atoms. The second-order valence-corrected chi connectivity index (χ2v) is 3.94. The molecule has 2 rings (SSSR count). The quantitative estimate of drug-likeness (QED) is 0.758. The van der Waals surface area contributed by atoms with E-state index in [0.29, 0.717) is 24.0 Å². The summed E-state index contributed by atoms with van der Waals surface area (Å²) in [5.74, 6) is -0.264. The minimum atomic E-state index is -0.264. The Bertz CT molecular complexity index is 574. The normalized spacial score (nSPS) is 10.7. The standard InChI is InChI=1S/C13H12FN3/c1-17(8-6-15)9-10-4-5-12(14)11-3-2-7-16-13(10)11/h2-5,7H,8-9H2,1H3. The first-order chi connectivity index (χ1) is 8.22. The van der Waals surface area contributed by atoms with Crippen molar-refractivity contribution in [2.75, 3.05) is 13.6 Å². The highest BCUT2D eigenvalue weighted by atomic mass is 19.1. The molecule has 0 amide bonds. The van der Waals surface area contributed by atoms with E-state index < -0.39 is 0 Å². The van der Waals surface area contributed by atoms with Gasteiger partial charge in [0.1, 0.15) is 5.82 Å².